The minimum atomic E-state index is -3.28. The molecule has 0 radical (unpaired) electrons. The molecule has 0 saturated carbocycles. The third kappa shape index (κ3) is 4.19. The number of benzene rings is 1. The van der Waals surface area contributed by atoms with Crippen molar-refractivity contribution in [3.63, 3.8) is 0 Å². The summed E-state index contributed by atoms with van der Waals surface area (Å²) >= 11 is 0. The highest BCUT2D eigenvalue weighted by Crippen LogP contribution is 2.18. The van der Waals surface area contributed by atoms with Crippen LogP contribution in [-0.2, 0) is 16.3 Å². The van der Waals surface area contributed by atoms with Gasteiger partial charge in [0.15, 0.2) is 9.84 Å². The van der Waals surface area contributed by atoms with E-state index in [0.29, 0.717) is 12.4 Å². The summed E-state index contributed by atoms with van der Waals surface area (Å²) < 4.78 is 28.5. The molecule has 1 N–H and O–H groups in total. The third-order valence-electron chi connectivity index (χ3n) is 3.01. The molecule has 0 saturated heterocycles. The Labute approximate surface area is 124 Å². The Bertz CT molecular complexity index is 714. The fourth-order valence-corrected chi connectivity index (χ4v) is 2.78. The summed E-state index contributed by atoms with van der Waals surface area (Å²) in [5.74, 6) is 1.20. The van der Waals surface area contributed by atoms with Crippen LogP contribution in [-0.4, -0.2) is 33.3 Å². The molecule has 0 aliphatic carbocycles. The normalized spacial score (nSPS) is 11.1. The molecule has 1 aromatic heterocycles. The lowest BCUT2D eigenvalue weighted by Gasteiger charge is -2.10. The van der Waals surface area contributed by atoms with Crippen LogP contribution in [0.3, 0.4) is 0 Å². The van der Waals surface area contributed by atoms with Crippen LogP contribution >= 0.6 is 0 Å². The van der Waals surface area contributed by atoms with E-state index in [1.807, 2.05) is 24.3 Å². The number of pyridine rings is 1. The average molecular weight is 306 g/mol. The number of methoxy groups -OCH3 is 1. The highest BCUT2D eigenvalue weighted by molar-refractivity contribution is 7.90. The molecule has 5 nitrogen and oxygen atoms in total. The standard InChI is InChI=1S/C15H18N2O3S/c1-20-13-6-3-5-12(11-13)8-10-17-15-14(21(2,18)19)7-4-9-16-15/h3-7,9,11H,8,10H2,1-2H3,(H,16,17). The van der Waals surface area contributed by atoms with Crippen LogP contribution in [0.2, 0.25) is 0 Å². The summed E-state index contributed by atoms with van der Waals surface area (Å²) in [6.07, 6.45) is 3.50. The number of hydrogen-bond acceptors (Lipinski definition) is 5. The van der Waals surface area contributed by atoms with Gasteiger partial charge in [-0.15, -0.1) is 0 Å². The van der Waals surface area contributed by atoms with Crippen LogP contribution < -0.4 is 10.1 Å². The van der Waals surface area contributed by atoms with Gasteiger partial charge in [-0.2, -0.15) is 0 Å². The second-order valence-electron chi connectivity index (χ2n) is 4.65. The number of ether oxygens (including phenoxy) is 1. The van der Waals surface area contributed by atoms with Gasteiger partial charge >= 0.3 is 0 Å². The molecule has 1 heterocycles. The number of hydrogen-bond donors (Lipinski definition) is 1. The van der Waals surface area contributed by atoms with Crippen LogP contribution in [0, 0.1) is 0 Å². The molecular formula is C15H18N2O3S. The molecule has 112 valence electrons. The van der Waals surface area contributed by atoms with Gasteiger partial charge in [0, 0.05) is 19.0 Å². The largest absolute Gasteiger partial charge is 0.497 e. The molecule has 1 aromatic carbocycles. The summed E-state index contributed by atoms with van der Waals surface area (Å²) in [4.78, 5) is 4.31. The van der Waals surface area contributed by atoms with E-state index in [1.165, 1.54) is 6.26 Å². The monoisotopic (exact) mass is 306 g/mol. The maximum Gasteiger partial charge on any atom is 0.179 e. The first-order valence-corrected chi connectivity index (χ1v) is 8.42. The molecule has 0 unspecified atom stereocenters. The Kier molecular flexibility index (Phi) is 4.80. The fraction of sp³-hybridized carbons (Fsp3) is 0.267. The second-order valence-corrected chi connectivity index (χ2v) is 6.63. The molecule has 0 spiro atoms. The van der Waals surface area contributed by atoms with Gasteiger partial charge in [-0.1, -0.05) is 12.1 Å². The van der Waals surface area contributed by atoms with Gasteiger partial charge in [0.2, 0.25) is 0 Å². The van der Waals surface area contributed by atoms with Crippen molar-refractivity contribution in [1.29, 1.82) is 0 Å². The highest BCUT2D eigenvalue weighted by Gasteiger charge is 2.13. The number of sulfone groups is 1. The van der Waals surface area contributed by atoms with Crippen LogP contribution in [0.25, 0.3) is 0 Å². The number of nitrogens with zero attached hydrogens (tertiary/aromatic N) is 1. The van der Waals surface area contributed by atoms with Crippen molar-refractivity contribution < 1.29 is 13.2 Å². The SMILES string of the molecule is COc1cccc(CCNc2ncccc2S(C)(=O)=O)c1. The third-order valence-corrected chi connectivity index (χ3v) is 4.14. The van der Waals surface area contributed by atoms with Crippen LogP contribution in [0.1, 0.15) is 5.56 Å². The van der Waals surface area contributed by atoms with E-state index < -0.39 is 9.84 Å². The van der Waals surface area contributed by atoms with Gasteiger partial charge < -0.3 is 10.1 Å². The van der Waals surface area contributed by atoms with E-state index >= 15 is 0 Å². The molecular weight excluding hydrogens is 288 g/mol. The van der Waals surface area contributed by atoms with Crippen LogP contribution in [0.5, 0.6) is 5.75 Å². The lowest BCUT2D eigenvalue weighted by Crippen LogP contribution is -2.10. The van der Waals surface area contributed by atoms with Crippen molar-refractivity contribution in [2.24, 2.45) is 0 Å². The molecule has 2 rings (SSSR count). The van der Waals surface area contributed by atoms with Crippen molar-refractivity contribution in [3.8, 4) is 5.75 Å². The number of nitrogens with one attached hydrogen (secondary N) is 1. The summed E-state index contributed by atoms with van der Waals surface area (Å²) in [6.45, 7) is 0.590. The maximum atomic E-state index is 11.7. The zero-order chi connectivity index (χ0) is 15.3. The predicted molar refractivity (Wildman–Crippen MR) is 82.5 cm³/mol. The molecule has 0 aliphatic rings. The first-order valence-electron chi connectivity index (χ1n) is 6.52. The van der Waals surface area contributed by atoms with Crippen LogP contribution in [0.4, 0.5) is 5.82 Å². The summed E-state index contributed by atoms with van der Waals surface area (Å²) in [6, 6.07) is 10.9. The number of aromatic nitrogens is 1. The Balaban J connectivity index is 2.04. The average Bonchev–Trinajstić information content (AvgIpc) is 2.47. The summed E-state index contributed by atoms with van der Waals surface area (Å²) in [7, 11) is -1.66. The zero-order valence-electron chi connectivity index (χ0n) is 12.0. The van der Waals surface area contributed by atoms with Gasteiger partial charge in [0.25, 0.3) is 0 Å². The summed E-state index contributed by atoms with van der Waals surface area (Å²) in [5, 5.41) is 3.07. The van der Waals surface area contributed by atoms with Gasteiger partial charge in [-0.3, -0.25) is 0 Å². The van der Waals surface area contributed by atoms with E-state index in [9.17, 15) is 8.42 Å². The molecule has 0 bridgehead atoms. The molecule has 0 aliphatic heterocycles. The quantitative estimate of drug-likeness (QED) is 0.885. The second kappa shape index (κ2) is 6.58. The van der Waals surface area contributed by atoms with Crippen LogP contribution in [0.15, 0.2) is 47.5 Å². The molecule has 0 fully saturated rings. The van der Waals surface area contributed by atoms with Crippen molar-refractivity contribution in [3.05, 3.63) is 48.2 Å². The topological polar surface area (TPSA) is 68.3 Å². The smallest absolute Gasteiger partial charge is 0.179 e. The van der Waals surface area contributed by atoms with Gasteiger partial charge in [0.1, 0.15) is 16.5 Å². The van der Waals surface area contributed by atoms with Gasteiger partial charge in [0.05, 0.1) is 7.11 Å². The minimum absolute atomic E-state index is 0.218. The van der Waals surface area contributed by atoms with Gasteiger partial charge in [-0.05, 0) is 36.2 Å². The predicted octanol–water partition coefficient (Wildman–Crippen LogP) is 2.15. The molecule has 2 aromatic rings. The highest BCUT2D eigenvalue weighted by atomic mass is 32.2. The maximum absolute atomic E-state index is 11.7. The van der Waals surface area contributed by atoms with Crippen molar-refractivity contribution >= 4 is 15.7 Å². The van der Waals surface area contributed by atoms with Crippen molar-refractivity contribution in [2.45, 2.75) is 11.3 Å². The van der Waals surface area contributed by atoms with E-state index in [0.717, 1.165) is 17.7 Å². The lowest BCUT2D eigenvalue weighted by molar-refractivity contribution is 0.414. The van der Waals surface area contributed by atoms with E-state index in [4.69, 9.17) is 4.74 Å². The van der Waals surface area contributed by atoms with E-state index in [2.05, 4.69) is 10.3 Å². The fourth-order valence-electron chi connectivity index (χ4n) is 1.98. The first kappa shape index (κ1) is 15.3. The van der Waals surface area contributed by atoms with Gasteiger partial charge in [-0.25, -0.2) is 13.4 Å². The Hall–Kier alpha value is -2.08. The van der Waals surface area contributed by atoms with E-state index in [-0.39, 0.29) is 4.90 Å². The lowest BCUT2D eigenvalue weighted by atomic mass is 10.1. The number of rotatable bonds is 6. The van der Waals surface area contributed by atoms with Crippen molar-refractivity contribution in [1.82, 2.24) is 4.98 Å². The minimum Gasteiger partial charge on any atom is -0.497 e. The molecule has 0 amide bonds. The van der Waals surface area contributed by atoms with E-state index in [1.54, 1.807) is 25.4 Å². The molecule has 0 atom stereocenters. The Morgan fingerprint density at radius 1 is 1.24 bits per heavy atom. The first-order chi connectivity index (χ1) is 10.0. The molecule has 21 heavy (non-hydrogen) atoms. The summed E-state index contributed by atoms with van der Waals surface area (Å²) in [5.41, 5.74) is 1.11. The Morgan fingerprint density at radius 2 is 2.05 bits per heavy atom. The molecule has 6 heteroatoms. The number of anilines is 1. The zero-order valence-corrected chi connectivity index (χ0v) is 12.9. The Morgan fingerprint density at radius 3 is 2.76 bits per heavy atom. The van der Waals surface area contributed by atoms with Crippen molar-refractivity contribution in [2.75, 3.05) is 25.2 Å².